The Labute approximate surface area is 92.1 Å². The second-order valence-electron chi connectivity index (χ2n) is 1.73. The largest absolute Gasteiger partial charge is 0.0775 e. The standard InChI is InChI=1S/C7H8S5/c1-2-4-6-8-10-12-11-9-7-5-3-1/h1-6H,7H2/b2-1?,5-3?,6-4+. The molecule has 0 aromatic carbocycles. The minimum Gasteiger partial charge on any atom is -0.0775 e. The summed E-state index contributed by atoms with van der Waals surface area (Å²) in [5.74, 6) is 1.08. The number of allylic oxidation sites excluding steroid dienone is 4. The molecule has 0 spiro atoms. The smallest absolute Gasteiger partial charge is 0.0229 e. The molecule has 0 radical (unpaired) electrons. The van der Waals surface area contributed by atoms with Crippen LogP contribution in [0.3, 0.4) is 0 Å². The Kier molecular flexibility index (Phi) is 7.88. The first-order valence-electron chi connectivity index (χ1n) is 3.27. The zero-order valence-electron chi connectivity index (χ0n) is 6.21. The molecule has 0 aromatic rings. The molecule has 0 amide bonds. The molecule has 0 unspecified atom stereocenters. The van der Waals surface area contributed by atoms with Crippen LogP contribution in [0, 0.1) is 0 Å². The van der Waals surface area contributed by atoms with Crippen LogP contribution in [-0.2, 0) is 0 Å². The van der Waals surface area contributed by atoms with E-state index in [9.17, 15) is 0 Å². The van der Waals surface area contributed by atoms with Crippen LogP contribution in [0.5, 0.6) is 0 Å². The second-order valence-corrected chi connectivity index (χ2v) is 9.35. The van der Waals surface area contributed by atoms with Crippen LogP contribution in [0.1, 0.15) is 0 Å². The molecule has 0 bridgehead atoms. The first kappa shape index (κ1) is 11.0. The van der Waals surface area contributed by atoms with E-state index >= 15 is 0 Å². The average Bonchev–Trinajstić information content (AvgIpc) is 2.05. The molecule has 0 atom stereocenters. The molecular formula is C7H8S5. The Morgan fingerprint density at radius 2 is 1.75 bits per heavy atom. The third kappa shape index (κ3) is 6.48. The predicted molar refractivity (Wildman–Crippen MR) is 70.2 cm³/mol. The molecule has 0 fully saturated rings. The third-order valence-corrected chi connectivity index (χ3v) is 8.97. The van der Waals surface area contributed by atoms with Crippen molar-refractivity contribution >= 4 is 51.1 Å². The molecule has 12 heavy (non-hydrogen) atoms. The van der Waals surface area contributed by atoms with Crippen molar-refractivity contribution < 1.29 is 0 Å². The molecule has 1 aliphatic rings. The lowest BCUT2D eigenvalue weighted by molar-refractivity contribution is 1.76. The summed E-state index contributed by atoms with van der Waals surface area (Å²) in [7, 11) is 9.08. The van der Waals surface area contributed by atoms with Gasteiger partial charge in [-0.05, 0) is 34.9 Å². The summed E-state index contributed by atoms with van der Waals surface area (Å²) in [6.07, 6.45) is 10.4. The van der Waals surface area contributed by atoms with Gasteiger partial charge in [0, 0.05) is 5.75 Å². The van der Waals surface area contributed by atoms with Crippen LogP contribution < -0.4 is 0 Å². The van der Waals surface area contributed by atoms with Gasteiger partial charge in [0.05, 0.1) is 0 Å². The van der Waals surface area contributed by atoms with E-state index in [0.29, 0.717) is 0 Å². The normalized spacial score (nSPS) is 22.7. The van der Waals surface area contributed by atoms with E-state index in [-0.39, 0.29) is 0 Å². The van der Waals surface area contributed by atoms with Crippen molar-refractivity contribution in [1.29, 1.82) is 0 Å². The Balaban J connectivity index is 2.32. The third-order valence-electron chi connectivity index (χ3n) is 0.911. The van der Waals surface area contributed by atoms with E-state index in [1.807, 2.05) is 36.5 Å². The van der Waals surface area contributed by atoms with Crippen molar-refractivity contribution in [3.8, 4) is 0 Å². The zero-order valence-corrected chi connectivity index (χ0v) is 10.3. The fraction of sp³-hybridized carbons (Fsp3) is 0.143. The van der Waals surface area contributed by atoms with Gasteiger partial charge in [0.2, 0.25) is 0 Å². The van der Waals surface area contributed by atoms with Gasteiger partial charge >= 0.3 is 0 Å². The Hall–Kier alpha value is 0.970. The van der Waals surface area contributed by atoms with Crippen LogP contribution in [0.25, 0.3) is 0 Å². The Morgan fingerprint density at radius 1 is 0.833 bits per heavy atom. The van der Waals surface area contributed by atoms with E-state index in [4.69, 9.17) is 0 Å². The molecule has 0 saturated heterocycles. The lowest BCUT2D eigenvalue weighted by atomic mass is 10.4. The van der Waals surface area contributed by atoms with Crippen LogP contribution in [0.15, 0.2) is 35.8 Å². The summed E-state index contributed by atoms with van der Waals surface area (Å²) in [4.78, 5) is 0. The van der Waals surface area contributed by atoms with Gasteiger partial charge in [0.1, 0.15) is 0 Å². The molecule has 1 aliphatic heterocycles. The SMILES string of the molecule is C1=C/C=C/SSSSSCC=C1. The molecule has 0 saturated carbocycles. The van der Waals surface area contributed by atoms with Crippen LogP contribution in [0.2, 0.25) is 0 Å². The van der Waals surface area contributed by atoms with Crippen LogP contribution in [0.4, 0.5) is 0 Å². The van der Waals surface area contributed by atoms with E-state index < -0.39 is 0 Å². The minimum atomic E-state index is 1.08. The van der Waals surface area contributed by atoms with Crippen LogP contribution in [-0.4, -0.2) is 5.75 Å². The maximum atomic E-state index is 2.17. The number of rotatable bonds is 0. The highest BCUT2D eigenvalue weighted by molar-refractivity contribution is 9.36. The van der Waals surface area contributed by atoms with Crippen molar-refractivity contribution in [1.82, 2.24) is 0 Å². The van der Waals surface area contributed by atoms with Crippen molar-refractivity contribution in [3.05, 3.63) is 35.8 Å². The lowest BCUT2D eigenvalue weighted by Crippen LogP contribution is -1.61. The molecule has 0 N–H and O–H groups in total. The average molecular weight is 252 g/mol. The first-order chi connectivity index (χ1) is 6.00. The topological polar surface area (TPSA) is 0 Å². The fourth-order valence-corrected chi connectivity index (χ4v) is 8.16. The summed E-state index contributed by atoms with van der Waals surface area (Å²) in [5, 5.41) is 2.09. The van der Waals surface area contributed by atoms with Gasteiger partial charge in [0.15, 0.2) is 0 Å². The molecule has 0 aliphatic carbocycles. The summed E-state index contributed by atoms with van der Waals surface area (Å²) in [6, 6.07) is 0. The second kappa shape index (κ2) is 8.56. The van der Waals surface area contributed by atoms with E-state index in [2.05, 4.69) is 29.7 Å². The number of hydrogen-bond donors (Lipinski definition) is 0. The van der Waals surface area contributed by atoms with Crippen molar-refractivity contribution in [2.75, 3.05) is 5.75 Å². The Morgan fingerprint density at radius 3 is 2.75 bits per heavy atom. The monoisotopic (exact) mass is 252 g/mol. The van der Waals surface area contributed by atoms with E-state index in [0.717, 1.165) is 5.75 Å². The molecule has 1 heterocycles. The maximum Gasteiger partial charge on any atom is 0.0229 e. The Bertz CT molecular complexity index is 164. The van der Waals surface area contributed by atoms with Gasteiger partial charge in [-0.1, -0.05) is 52.0 Å². The maximum absolute atomic E-state index is 2.17. The molecule has 66 valence electrons. The van der Waals surface area contributed by atoms with Gasteiger partial charge < -0.3 is 0 Å². The van der Waals surface area contributed by atoms with Crippen molar-refractivity contribution in [2.24, 2.45) is 0 Å². The lowest BCUT2D eigenvalue weighted by Gasteiger charge is -1.94. The molecule has 0 aromatic heterocycles. The molecule has 1 rings (SSSR count). The van der Waals surface area contributed by atoms with E-state index in [1.165, 1.54) is 0 Å². The van der Waals surface area contributed by atoms with Gasteiger partial charge in [-0.15, -0.1) is 0 Å². The summed E-state index contributed by atoms with van der Waals surface area (Å²) >= 11 is 0. The summed E-state index contributed by atoms with van der Waals surface area (Å²) in [5.41, 5.74) is 0. The van der Waals surface area contributed by atoms with Gasteiger partial charge in [-0.25, -0.2) is 0 Å². The quantitative estimate of drug-likeness (QED) is 0.558. The van der Waals surface area contributed by atoms with Crippen LogP contribution >= 0.6 is 51.1 Å². The fourth-order valence-electron chi connectivity index (χ4n) is 0.477. The van der Waals surface area contributed by atoms with Gasteiger partial charge in [0.25, 0.3) is 0 Å². The van der Waals surface area contributed by atoms with Crippen molar-refractivity contribution in [3.63, 3.8) is 0 Å². The highest BCUT2D eigenvalue weighted by Gasteiger charge is 1.89. The van der Waals surface area contributed by atoms with Crippen molar-refractivity contribution in [2.45, 2.75) is 0 Å². The minimum absolute atomic E-state index is 1.08. The van der Waals surface area contributed by atoms with Gasteiger partial charge in [-0.3, -0.25) is 0 Å². The summed E-state index contributed by atoms with van der Waals surface area (Å²) in [6.45, 7) is 0. The predicted octanol–water partition coefficient (Wildman–Crippen LogP) is 4.95. The summed E-state index contributed by atoms with van der Waals surface area (Å²) < 4.78 is 0. The van der Waals surface area contributed by atoms with Gasteiger partial charge in [-0.2, -0.15) is 0 Å². The molecule has 0 nitrogen and oxygen atoms in total. The first-order valence-corrected chi connectivity index (χ1v) is 9.65. The zero-order chi connectivity index (χ0) is 8.49. The highest BCUT2D eigenvalue weighted by atomic mass is 33.8. The number of hydrogen-bond acceptors (Lipinski definition) is 5. The molecular weight excluding hydrogens is 244 g/mol. The highest BCUT2D eigenvalue weighted by Crippen LogP contribution is 2.48. The van der Waals surface area contributed by atoms with E-state index in [1.54, 1.807) is 20.6 Å². The molecule has 5 heteroatoms.